The molecule has 1 aromatic carbocycles. The Balaban J connectivity index is 3.52. The highest BCUT2D eigenvalue weighted by Gasteiger charge is 2.20. The third-order valence-electron chi connectivity index (χ3n) is 4.53. The number of ether oxygens (including phenoxy) is 1. The highest BCUT2D eigenvalue weighted by atomic mass is 16.5. The maximum atomic E-state index is 11.7. The molecule has 0 spiro atoms. The Morgan fingerprint density at radius 3 is 2.28 bits per heavy atom. The fourth-order valence-corrected chi connectivity index (χ4v) is 2.85. The van der Waals surface area contributed by atoms with Crippen molar-refractivity contribution in [1.29, 1.82) is 0 Å². The standard InChI is InChI=1S/C24H36N2O3/c1-7-10-14-26(15-11-8-2)22-17-19(24(27)28)16-21(25-6)23(22)29-20(9-3)13-12-18(4)5/h9,12-13,16-17,25H,4,7-8,10-11,14-15H2,1-3,5-6H3,(H,27,28). The molecule has 0 atom stereocenters. The summed E-state index contributed by atoms with van der Waals surface area (Å²) in [5.41, 5.74) is 2.63. The van der Waals surface area contributed by atoms with Gasteiger partial charge in [-0.05, 0) is 51.0 Å². The molecule has 0 heterocycles. The molecule has 0 bridgehead atoms. The number of anilines is 2. The van der Waals surface area contributed by atoms with Crippen LogP contribution in [-0.2, 0) is 0 Å². The van der Waals surface area contributed by atoms with Gasteiger partial charge in [-0.15, -0.1) is 0 Å². The summed E-state index contributed by atoms with van der Waals surface area (Å²) in [7, 11) is 1.78. The SMILES string of the molecule is C=C(C)C=CC(=CC)Oc1c(NC)cc(C(=O)O)cc1N(CCCC)CCCC. The monoisotopic (exact) mass is 400 g/mol. The number of carbonyl (C=O) groups is 1. The van der Waals surface area contributed by atoms with Crippen LogP contribution in [0, 0.1) is 0 Å². The van der Waals surface area contributed by atoms with Crippen LogP contribution >= 0.6 is 0 Å². The van der Waals surface area contributed by atoms with Crippen LogP contribution in [0.5, 0.6) is 5.75 Å². The molecule has 0 aromatic heterocycles. The molecule has 0 aliphatic rings. The Kier molecular flexibility index (Phi) is 10.7. The van der Waals surface area contributed by atoms with E-state index in [1.165, 1.54) is 0 Å². The van der Waals surface area contributed by atoms with Crippen LogP contribution in [0.4, 0.5) is 11.4 Å². The Labute approximate surface area is 175 Å². The molecular weight excluding hydrogens is 364 g/mol. The van der Waals surface area contributed by atoms with Crippen molar-refractivity contribution in [2.75, 3.05) is 30.4 Å². The number of nitrogens with one attached hydrogen (secondary N) is 1. The summed E-state index contributed by atoms with van der Waals surface area (Å²) in [5.74, 6) is 0.373. The average Bonchev–Trinajstić information content (AvgIpc) is 2.70. The van der Waals surface area contributed by atoms with Crippen molar-refractivity contribution in [3.8, 4) is 5.75 Å². The van der Waals surface area contributed by atoms with Gasteiger partial charge in [0.2, 0.25) is 0 Å². The minimum atomic E-state index is -0.950. The molecule has 0 radical (unpaired) electrons. The molecule has 160 valence electrons. The van der Waals surface area contributed by atoms with E-state index in [4.69, 9.17) is 4.74 Å². The molecule has 2 N–H and O–H groups in total. The van der Waals surface area contributed by atoms with Crippen molar-refractivity contribution in [1.82, 2.24) is 0 Å². The molecular formula is C24H36N2O3. The molecule has 5 nitrogen and oxygen atoms in total. The largest absolute Gasteiger partial charge is 0.478 e. The van der Waals surface area contributed by atoms with Gasteiger partial charge >= 0.3 is 5.97 Å². The number of aromatic carboxylic acids is 1. The number of allylic oxidation sites excluding steroid dienone is 4. The Morgan fingerprint density at radius 2 is 1.83 bits per heavy atom. The van der Waals surface area contributed by atoms with Gasteiger partial charge in [-0.3, -0.25) is 0 Å². The summed E-state index contributed by atoms with van der Waals surface area (Å²) in [6, 6.07) is 3.34. The summed E-state index contributed by atoms with van der Waals surface area (Å²) in [6.07, 6.45) is 9.85. The lowest BCUT2D eigenvalue weighted by molar-refractivity contribution is 0.0697. The lowest BCUT2D eigenvalue weighted by Gasteiger charge is -2.28. The lowest BCUT2D eigenvalue weighted by atomic mass is 10.1. The third-order valence-corrected chi connectivity index (χ3v) is 4.53. The first-order valence-corrected chi connectivity index (χ1v) is 10.4. The maximum Gasteiger partial charge on any atom is 0.335 e. The van der Waals surface area contributed by atoms with E-state index in [-0.39, 0.29) is 5.56 Å². The highest BCUT2D eigenvalue weighted by Crippen LogP contribution is 2.39. The number of unbranched alkanes of at least 4 members (excludes halogenated alkanes) is 2. The molecule has 0 aliphatic heterocycles. The van der Waals surface area contributed by atoms with Crippen LogP contribution in [0.1, 0.15) is 63.7 Å². The zero-order valence-electron chi connectivity index (χ0n) is 18.5. The van der Waals surface area contributed by atoms with Gasteiger partial charge < -0.3 is 20.1 Å². The van der Waals surface area contributed by atoms with Crippen LogP contribution < -0.4 is 15.0 Å². The second-order valence-corrected chi connectivity index (χ2v) is 7.09. The number of nitrogens with zero attached hydrogens (tertiary/aromatic N) is 1. The molecule has 0 saturated carbocycles. The van der Waals surface area contributed by atoms with Gasteiger partial charge in [-0.25, -0.2) is 4.79 Å². The van der Waals surface area contributed by atoms with Gasteiger partial charge in [0.05, 0.1) is 16.9 Å². The van der Waals surface area contributed by atoms with E-state index in [1.807, 2.05) is 32.1 Å². The number of benzene rings is 1. The molecule has 0 saturated heterocycles. The first kappa shape index (κ1) is 24.3. The van der Waals surface area contributed by atoms with Crippen molar-refractivity contribution < 1.29 is 14.6 Å². The average molecular weight is 401 g/mol. The second-order valence-electron chi connectivity index (χ2n) is 7.09. The van der Waals surface area contributed by atoms with Gasteiger partial charge in [-0.2, -0.15) is 0 Å². The van der Waals surface area contributed by atoms with E-state index < -0.39 is 5.97 Å². The maximum absolute atomic E-state index is 11.7. The van der Waals surface area contributed by atoms with Crippen LogP contribution in [0.25, 0.3) is 0 Å². The summed E-state index contributed by atoms with van der Waals surface area (Å²) in [6.45, 7) is 13.7. The normalized spacial score (nSPS) is 11.6. The predicted octanol–water partition coefficient (Wildman–Crippen LogP) is 6.25. The number of carboxylic acid groups (broad SMARTS) is 1. The van der Waals surface area contributed by atoms with E-state index in [9.17, 15) is 9.90 Å². The third kappa shape index (κ3) is 7.68. The number of carboxylic acids is 1. The zero-order valence-corrected chi connectivity index (χ0v) is 18.5. The summed E-state index contributed by atoms with van der Waals surface area (Å²) in [4.78, 5) is 14.0. The molecule has 1 rings (SSSR count). The van der Waals surface area contributed by atoms with Crippen molar-refractivity contribution in [2.24, 2.45) is 0 Å². The van der Waals surface area contributed by atoms with Crippen LogP contribution in [0.3, 0.4) is 0 Å². The molecule has 1 aromatic rings. The van der Waals surface area contributed by atoms with Crippen molar-refractivity contribution in [2.45, 2.75) is 53.4 Å². The molecule has 5 heteroatoms. The number of hydrogen-bond donors (Lipinski definition) is 2. The smallest absolute Gasteiger partial charge is 0.335 e. The first-order chi connectivity index (χ1) is 13.9. The van der Waals surface area contributed by atoms with Gasteiger partial charge in [0.15, 0.2) is 5.75 Å². The van der Waals surface area contributed by atoms with Crippen molar-refractivity contribution >= 4 is 17.3 Å². The number of hydrogen-bond acceptors (Lipinski definition) is 4. The Morgan fingerprint density at radius 1 is 1.21 bits per heavy atom. The number of rotatable bonds is 13. The fraction of sp³-hybridized carbons (Fsp3) is 0.458. The Hall–Kier alpha value is -2.69. The molecule has 29 heavy (non-hydrogen) atoms. The summed E-state index contributed by atoms with van der Waals surface area (Å²) in [5, 5.41) is 12.7. The van der Waals surface area contributed by atoms with E-state index in [2.05, 4.69) is 30.6 Å². The van der Waals surface area contributed by atoms with E-state index >= 15 is 0 Å². The Bertz CT molecular complexity index is 743. The zero-order chi connectivity index (χ0) is 21.8. The molecule has 0 amide bonds. The van der Waals surface area contributed by atoms with Crippen molar-refractivity contribution in [3.05, 3.63) is 53.8 Å². The minimum Gasteiger partial charge on any atom is -0.478 e. The van der Waals surface area contributed by atoms with E-state index in [0.717, 1.165) is 50.0 Å². The van der Waals surface area contributed by atoms with E-state index in [1.54, 1.807) is 19.2 Å². The summed E-state index contributed by atoms with van der Waals surface area (Å²) >= 11 is 0. The van der Waals surface area contributed by atoms with Crippen LogP contribution in [0.15, 0.2) is 48.3 Å². The second kappa shape index (κ2) is 12.7. The van der Waals surface area contributed by atoms with Gasteiger partial charge in [-0.1, -0.05) is 44.9 Å². The fourth-order valence-electron chi connectivity index (χ4n) is 2.85. The minimum absolute atomic E-state index is 0.245. The molecule has 0 unspecified atom stereocenters. The van der Waals surface area contributed by atoms with Gasteiger partial charge in [0.1, 0.15) is 5.76 Å². The topological polar surface area (TPSA) is 61.8 Å². The van der Waals surface area contributed by atoms with Gasteiger partial charge in [0.25, 0.3) is 0 Å². The van der Waals surface area contributed by atoms with Crippen LogP contribution in [0.2, 0.25) is 0 Å². The quantitative estimate of drug-likeness (QED) is 0.303. The van der Waals surface area contributed by atoms with Crippen molar-refractivity contribution in [3.63, 3.8) is 0 Å². The molecule has 0 aliphatic carbocycles. The summed E-state index contributed by atoms with van der Waals surface area (Å²) < 4.78 is 6.28. The predicted molar refractivity (Wildman–Crippen MR) is 123 cm³/mol. The molecule has 0 fully saturated rings. The van der Waals surface area contributed by atoms with E-state index in [0.29, 0.717) is 17.2 Å². The van der Waals surface area contributed by atoms with Gasteiger partial charge in [0, 0.05) is 20.1 Å². The van der Waals surface area contributed by atoms with Crippen LogP contribution in [-0.4, -0.2) is 31.2 Å². The first-order valence-electron chi connectivity index (χ1n) is 10.4. The highest BCUT2D eigenvalue weighted by molar-refractivity contribution is 5.92. The lowest BCUT2D eigenvalue weighted by Crippen LogP contribution is -2.26.